The molecule has 2 heterocycles. The summed E-state index contributed by atoms with van der Waals surface area (Å²) in [6.07, 6.45) is 8.02. The van der Waals surface area contributed by atoms with E-state index in [0.29, 0.717) is 24.5 Å². The maximum absolute atomic E-state index is 11.5. The van der Waals surface area contributed by atoms with Gasteiger partial charge in [0.1, 0.15) is 11.5 Å². The number of Topliss-reactive ketones (excluding diaryl/α,β-unsaturated/α-hetero) is 1. The smallest absolute Gasteiger partial charge is 0.135 e. The van der Waals surface area contributed by atoms with Gasteiger partial charge in [-0.2, -0.15) is 0 Å². The minimum atomic E-state index is 0.388. The van der Waals surface area contributed by atoms with Crippen molar-refractivity contribution in [2.24, 2.45) is 0 Å². The van der Waals surface area contributed by atoms with Crippen LogP contribution < -0.4 is 4.74 Å². The van der Waals surface area contributed by atoms with E-state index >= 15 is 0 Å². The van der Waals surface area contributed by atoms with Gasteiger partial charge in [0.25, 0.3) is 0 Å². The summed E-state index contributed by atoms with van der Waals surface area (Å²) < 4.78 is 5.77. The van der Waals surface area contributed by atoms with Crippen molar-refractivity contribution in [2.45, 2.75) is 57.9 Å². The molecule has 1 saturated carbocycles. The fourth-order valence-electron chi connectivity index (χ4n) is 4.22. The molecule has 0 radical (unpaired) electrons. The summed E-state index contributed by atoms with van der Waals surface area (Å²) in [4.78, 5) is 18.5. The molecule has 28 heavy (non-hydrogen) atoms. The highest BCUT2D eigenvalue weighted by Crippen LogP contribution is 2.45. The van der Waals surface area contributed by atoms with Crippen molar-refractivity contribution < 1.29 is 9.53 Å². The normalized spacial score (nSPS) is 17.7. The molecule has 2 fully saturated rings. The van der Waals surface area contributed by atoms with Gasteiger partial charge in [0.2, 0.25) is 0 Å². The number of ether oxygens (including phenoxy) is 1. The van der Waals surface area contributed by atoms with Crippen molar-refractivity contribution in [1.29, 1.82) is 0 Å². The second-order valence-electron chi connectivity index (χ2n) is 8.13. The fourth-order valence-corrected chi connectivity index (χ4v) is 4.22. The van der Waals surface area contributed by atoms with Gasteiger partial charge in [0.15, 0.2) is 0 Å². The number of hydrogen-bond donors (Lipinski definition) is 0. The highest BCUT2D eigenvalue weighted by atomic mass is 16.5. The summed E-state index contributed by atoms with van der Waals surface area (Å²) >= 11 is 0. The van der Waals surface area contributed by atoms with Crippen molar-refractivity contribution in [1.82, 2.24) is 9.88 Å². The third-order valence-electron chi connectivity index (χ3n) is 5.92. The number of methoxy groups -OCH3 is 1. The first-order chi connectivity index (χ1) is 13.7. The maximum atomic E-state index is 11.5. The van der Waals surface area contributed by atoms with E-state index in [9.17, 15) is 4.79 Å². The van der Waals surface area contributed by atoms with E-state index in [2.05, 4.69) is 41.1 Å². The van der Waals surface area contributed by atoms with Gasteiger partial charge in [0, 0.05) is 44.2 Å². The van der Waals surface area contributed by atoms with E-state index in [4.69, 9.17) is 4.74 Å². The monoisotopic (exact) mass is 378 g/mol. The van der Waals surface area contributed by atoms with Crippen LogP contribution in [0.25, 0.3) is 11.3 Å². The molecular formula is C24H30N2O2. The van der Waals surface area contributed by atoms with E-state index in [-0.39, 0.29) is 0 Å². The van der Waals surface area contributed by atoms with Gasteiger partial charge in [0.05, 0.1) is 12.8 Å². The average molecular weight is 379 g/mol. The third kappa shape index (κ3) is 4.27. The molecule has 148 valence electrons. The second-order valence-corrected chi connectivity index (χ2v) is 8.13. The fraction of sp³-hybridized carbons (Fsp3) is 0.500. The molecule has 0 N–H and O–H groups in total. The highest BCUT2D eigenvalue weighted by Gasteiger charge is 2.28. The Kier molecular flexibility index (Phi) is 5.77. The first kappa shape index (κ1) is 19.1. The van der Waals surface area contributed by atoms with Crippen molar-refractivity contribution >= 4 is 5.78 Å². The number of carbonyl (C=O) groups excluding carboxylic acids is 1. The van der Waals surface area contributed by atoms with Crippen LogP contribution in [0, 0.1) is 0 Å². The van der Waals surface area contributed by atoms with Crippen molar-refractivity contribution in [3.05, 3.63) is 47.2 Å². The van der Waals surface area contributed by atoms with Crippen LogP contribution in [-0.2, 0) is 17.8 Å². The second kappa shape index (κ2) is 8.44. The Hall–Kier alpha value is -2.20. The predicted octanol–water partition coefficient (Wildman–Crippen LogP) is 4.75. The Morgan fingerprint density at radius 1 is 1.18 bits per heavy atom. The van der Waals surface area contributed by atoms with E-state index in [0.717, 1.165) is 49.5 Å². The van der Waals surface area contributed by atoms with Crippen molar-refractivity contribution in [3.63, 3.8) is 0 Å². The lowest BCUT2D eigenvalue weighted by Gasteiger charge is -2.25. The van der Waals surface area contributed by atoms with Crippen LogP contribution in [0.4, 0.5) is 0 Å². The van der Waals surface area contributed by atoms with Crippen LogP contribution in [0.1, 0.15) is 61.6 Å². The number of aromatic nitrogens is 1. The predicted molar refractivity (Wildman–Crippen MR) is 112 cm³/mol. The number of pyridine rings is 1. The van der Waals surface area contributed by atoms with Gasteiger partial charge in [-0.05, 0) is 66.1 Å². The quantitative estimate of drug-likeness (QED) is 0.697. The molecule has 1 aliphatic carbocycles. The summed E-state index contributed by atoms with van der Waals surface area (Å²) in [5.41, 5.74) is 6.25. The third-order valence-corrected chi connectivity index (χ3v) is 5.92. The van der Waals surface area contributed by atoms with Crippen LogP contribution in [-0.4, -0.2) is 35.9 Å². The number of piperidine rings is 1. The summed E-state index contributed by atoms with van der Waals surface area (Å²) in [7, 11) is 1.77. The Morgan fingerprint density at radius 3 is 2.64 bits per heavy atom. The molecule has 2 aliphatic rings. The van der Waals surface area contributed by atoms with Crippen LogP contribution in [0.3, 0.4) is 0 Å². The lowest BCUT2D eigenvalue weighted by molar-refractivity contribution is -0.121. The largest absolute Gasteiger partial charge is 0.496 e. The summed E-state index contributed by atoms with van der Waals surface area (Å²) in [6.45, 7) is 4.83. The number of carbonyl (C=O) groups is 1. The Morgan fingerprint density at radius 2 is 1.96 bits per heavy atom. The lowest BCUT2D eigenvalue weighted by Crippen LogP contribution is -2.33. The zero-order valence-electron chi connectivity index (χ0n) is 17.0. The molecule has 0 amide bonds. The molecule has 0 spiro atoms. The van der Waals surface area contributed by atoms with Crippen molar-refractivity contribution in [3.8, 4) is 17.0 Å². The molecule has 1 saturated heterocycles. The zero-order valence-corrected chi connectivity index (χ0v) is 17.0. The molecule has 0 unspecified atom stereocenters. The highest BCUT2D eigenvalue weighted by molar-refractivity contribution is 5.79. The first-order valence-corrected chi connectivity index (χ1v) is 10.6. The Balaban J connectivity index is 1.61. The van der Waals surface area contributed by atoms with Gasteiger partial charge in [-0.3, -0.25) is 14.7 Å². The maximum Gasteiger partial charge on any atom is 0.135 e. The summed E-state index contributed by atoms with van der Waals surface area (Å²) in [5, 5.41) is 0. The van der Waals surface area contributed by atoms with Gasteiger partial charge in [-0.1, -0.05) is 13.3 Å². The summed E-state index contributed by atoms with van der Waals surface area (Å²) in [6, 6.07) is 8.78. The average Bonchev–Trinajstić information content (AvgIpc) is 3.55. The zero-order chi connectivity index (χ0) is 19.5. The van der Waals surface area contributed by atoms with Gasteiger partial charge < -0.3 is 4.74 Å². The van der Waals surface area contributed by atoms with Crippen LogP contribution >= 0.6 is 0 Å². The van der Waals surface area contributed by atoms with E-state index < -0.39 is 0 Å². The lowest BCUT2D eigenvalue weighted by atomic mass is 9.94. The molecule has 0 atom stereocenters. The van der Waals surface area contributed by atoms with Crippen LogP contribution in [0.15, 0.2) is 30.5 Å². The molecule has 2 aromatic rings. The van der Waals surface area contributed by atoms with Gasteiger partial charge in [-0.25, -0.2) is 0 Å². The van der Waals surface area contributed by atoms with Gasteiger partial charge >= 0.3 is 0 Å². The molecule has 1 aromatic carbocycles. The first-order valence-electron chi connectivity index (χ1n) is 10.6. The molecule has 1 aromatic heterocycles. The number of rotatable bonds is 7. The standard InChI is InChI=1S/C24H30N2O2/c1-3-4-21-22(18-5-6-18)14-19(15-24(21)28-2)23-13-17(7-10-25-23)16-26-11-8-20(27)9-12-26/h7,10,13-15,18H,3-6,8-9,11-12,16H2,1-2H3. The SMILES string of the molecule is CCCc1c(OC)cc(-c2cc(CN3CCC(=O)CC3)ccn2)cc1C1CC1. The molecule has 1 aliphatic heterocycles. The number of benzene rings is 1. The molecular weight excluding hydrogens is 348 g/mol. The molecule has 4 rings (SSSR count). The molecule has 4 nitrogen and oxygen atoms in total. The summed E-state index contributed by atoms with van der Waals surface area (Å²) in [5.74, 6) is 2.08. The van der Waals surface area contributed by atoms with E-state index in [1.165, 1.54) is 29.5 Å². The van der Waals surface area contributed by atoms with Crippen molar-refractivity contribution in [2.75, 3.05) is 20.2 Å². The van der Waals surface area contributed by atoms with Crippen LogP contribution in [0.5, 0.6) is 5.75 Å². The van der Waals surface area contributed by atoms with E-state index in [1.54, 1.807) is 7.11 Å². The Labute approximate surface area is 167 Å². The minimum absolute atomic E-state index is 0.388. The number of nitrogens with zero attached hydrogens (tertiary/aromatic N) is 2. The topological polar surface area (TPSA) is 42.4 Å². The number of ketones is 1. The molecule has 0 bridgehead atoms. The Bertz CT molecular complexity index is 848. The molecule has 4 heteroatoms. The number of likely N-dealkylation sites (tertiary alicyclic amines) is 1. The van der Waals surface area contributed by atoms with Crippen LogP contribution in [0.2, 0.25) is 0 Å². The number of hydrogen-bond acceptors (Lipinski definition) is 4. The van der Waals surface area contributed by atoms with E-state index in [1.807, 2.05) is 6.20 Å². The van der Waals surface area contributed by atoms with Gasteiger partial charge in [-0.15, -0.1) is 0 Å². The minimum Gasteiger partial charge on any atom is -0.496 e.